The average Bonchev–Trinajstić information content (AvgIpc) is 2.68. The van der Waals surface area contributed by atoms with Crippen molar-refractivity contribution < 1.29 is 9.53 Å². The van der Waals surface area contributed by atoms with Crippen LogP contribution in [0.5, 0.6) is 0 Å². The van der Waals surface area contributed by atoms with E-state index in [-0.39, 0.29) is 6.09 Å². The zero-order valence-corrected chi connectivity index (χ0v) is 16.0. The van der Waals surface area contributed by atoms with Crippen LogP contribution in [0.4, 0.5) is 4.79 Å². The summed E-state index contributed by atoms with van der Waals surface area (Å²) in [5.41, 5.74) is 10.7. The lowest BCUT2D eigenvalue weighted by Crippen LogP contribution is -2.39. The van der Waals surface area contributed by atoms with E-state index in [9.17, 15) is 4.79 Å². The number of carbonyl (C=O) groups excluding carboxylic acids is 1. The molecule has 1 heterocycles. The molecule has 1 fully saturated rings. The topological polar surface area (TPSA) is 55.6 Å². The van der Waals surface area contributed by atoms with Gasteiger partial charge < -0.3 is 15.4 Å². The summed E-state index contributed by atoms with van der Waals surface area (Å²) in [5, 5.41) is 0. The van der Waals surface area contributed by atoms with Crippen molar-refractivity contribution in [3.05, 3.63) is 72.0 Å². The molecule has 0 unspecified atom stereocenters. The second-order valence-electron chi connectivity index (χ2n) is 7.31. The van der Waals surface area contributed by atoms with E-state index in [1.165, 1.54) is 16.7 Å². The first-order valence-corrected chi connectivity index (χ1v) is 9.55. The second kappa shape index (κ2) is 8.87. The molecule has 3 rings (SSSR count). The number of nitrogens with zero attached hydrogens (tertiary/aromatic N) is 1. The molecular formula is C23H28N2O2. The number of nitrogens with two attached hydrogens (primary N) is 1. The minimum Gasteiger partial charge on any atom is -0.416 e. The van der Waals surface area contributed by atoms with Gasteiger partial charge in [-0.15, -0.1) is 0 Å². The van der Waals surface area contributed by atoms with Crippen LogP contribution in [0, 0.1) is 5.92 Å². The van der Waals surface area contributed by atoms with Gasteiger partial charge in [0.15, 0.2) is 0 Å². The first-order valence-electron chi connectivity index (χ1n) is 9.55. The van der Waals surface area contributed by atoms with Gasteiger partial charge in [0.1, 0.15) is 0 Å². The quantitative estimate of drug-likeness (QED) is 0.780. The van der Waals surface area contributed by atoms with Crippen molar-refractivity contribution in [1.82, 2.24) is 4.90 Å². The van der Waals surface area contributed by atoms with Gasteiger partial charge in [0, 0.05) is 19.6 Å². The Morgan fingerprint density at radius 1 is 1.11 bits per heavy atom. The number of hydrogen-bond acceptors (Lipinski definition) is 3. The molecule has 0 radical (unpaired) electrons. The highest BCUT2D eigenvalue weighted by Crippen LogP contribution is 2.26. The van der Waals surface area contributed by atoms with Gasteiger partial charge in [0.2, 0.25) is 0 Å². The standard InChI is InChI=1S/C23H28N2O2/c1-17(2)27-23(26)25-11-9-18(10-12-25)13-19-5-3-7-21(14-19)22-8-4-6-20(15-22)16-24/h3-8,14-15,18H,1,9-13,16,24H2,2H3. The van der Waals surface area contributed by atoms with E-state index in [1.807, 2.05) is 0 Å². The van der Waals surface area contributed by atoms with Crippen molar-refractivity contribution in [3.8, 4) is 11.1 Å². The third-order valence-corrected chi connectivity index (χ3v) is 5.08. The molecule has 1 saturated heterocycles. The van der Waals surface area contributed by atoms with Gasteiger partial charge in [-0.1, -0.05) is 49.0 Å². The fraction of sp³-hybridized carbons (Fsp3) is 0.348. The molecule has 4 heteroatoms. The van der Waals surface area contributed by atoms with Gasteiger partial charge in [-0.25, -0.2) is 4.79 Å². The number of likely N-dealkylation sites (tertiary alicyclic amines) is 1. The molecule has 1 amide bonds. The zero-order chi connectivity index (χ0) is 19.2. The summed E-state index contributed by atoms with van der Waals surface area (Å²) in [5.74, 6) is 1.03. The van der Waals surface area contributed by atoms with Gasteiger partial charge in [0.05, 0.1) is 5.76 Å². The lowest BCUT2D eigenvalue weighted by Gasteiger charge is -2.31. The fourth-order valence-electron chi connectivity index (χ4n) is 3.62. The second-order valence-corrected chi connectivity index (χ2v) is 7.31. The molecule has 4 nitrogen and oxygen atoms in total. The molecule has 142 valence electrons. The molecule has 2 aromatic carbocycles. The normalized spacial score (nSPS) is 14.8. The highest BCUT2D eigenvalue weighted by Gasteiger charge is 2.24. The minimum absolute atomic E-state index is 0.275. The highest BCUT2D eigenvalue weighted by atomic mass is 16.6. The fourth-order valence-corrected chi connectivity index (χ4v) is 3.62. The Bertz CT molecular complexity index is 808. The lowest BCUT2D eigenvalue weighted by molar-refractivity contribution is 0.111. The number of amides is 1. The summed E-state index contributed by atoms with van der Waals surface area (Å²) in [6, 6.07) is 17.1. The molecule has 1 aliphatic rings. The maximum Gasteiger partial charge on any atom is 0.414 e. The van der Waals surface area contributed by atoms with E-state index in [1.54, 1.807) is 11.8 Å². The van der Waals surface area contributed by atoms with E-state index < -0.39 is 0 Å². The van der Waals surface area contributed by atoms with Crippen molar-refractivity contribution in [2.45, 2.75) is 32.7 Å². The molecule has 1 aliphatic heterocycles. The Morgan fingerprint density at radius 3 is 2.30 bits per heavy atom. The van der Waals surface area contributed by atoms with Crippen molar-refractivity contribution in [3.63, 3.8) is 0 Å². The first kappa shape index (κ1) is 19.2. The number of piperidine rings is 1. The van der Waals surface area contributed by atoms with Crippen molar-refractivity contribution >= 4 is 6.09 Å². The van der Waals surface area contributed by atoms with Crippen molar-refractivity contribution in [2.75, 3.05) is 13.1 Å². The SMILES string of the molecule is C=C(C)OC(=O)N1CCC(Cc2cccc(-c3cccc(CN)c3)c2)CC1. The number of rotatable bonds is 5. The van der Waals surface area contributed by atoms with Crippen LogP contribution >= 0.6 is 0 Å². The molecule has 27 heavy (non-hydrogen) atoms. The zero-order valence-electron chi connectivity index (χ0n) is 16.0. The van der Waals surface area contributed by atoms with Gasteiger partial charge in [0.25, 0.3) is 0 Å². The maximum absolute atomic E-state index is 12.0. The molecule has 2 aromatic rings. The molecule has 2 N–H and O–H groups in total. The van der Waals surface area contributed by atoms with Crippen LogP contribution < -0.4 is 5.73 Å². The lowest BCUT2D eigenvalue weighted by atomic mass is 9.89. The number of allylic oxidation sites excluding steroid dienone is 1. The van der Waals surface area contributed by atoms with Crippen LogP contribution in [0.1, 0.15) is 30.9 Å². The number of carbonyl (C=O) groups is 1. The number of hydrogen-bond donors (Lipinski definition) is 1. The molecule has 0 bridgehead atoms. The third-order valence-electron chi connectivity index (χ3n) is 5.08. The molecule has 0 atom stereocenters. The largest absolute Gasteiger partial charge is 0.416 e. The Labute approximate surface area is 161 Å². The van der Waals surface area contributed by atoms with Gasteiger partial charge >= 0.3 is 6.09 Å². The van der Waals surface area contributed by atoms with E-state index in [4.69, 9.17) is 10.5 Å². The summed E-state index contributed by atoms with van der Waals surface area (Å²) in [6.45, 7) is 7.37. The molecule has 0 aliphatic carbocycles. The Kier molecular flexibility index (Phi) is 6.30. The number of ether oxygens (including phenoxy) is 1. The number of benzene rings is 2. The molecular weight excluding hydrogens is 336 g/mol. The predicted octanol–water partition coefficient (Wildman–Crippen LogP) is 4.74. The molecule has 0 aromatic heterocycles. The third kappa shape index (κ3) is 5.20. The van der Waals surface area contributed by atoms with Gasteiger partial charge in [-0.05, 0) is 60.4 Å². The smallest absolute Gasteiger partial charge is 0.414 e. The van der Waals surface area contributed by atoms with E-state index in [0.717, 1.165) is 37.9 Å². The van der Waals surface area contributed by atoms with Crippen LogP contribution in [-0.2, 0) is 17.7 Å². The maximum atomic E-state index is 12.0. The van der Waals surface area contributed by atoms with Gasteiger partial charge in [-0.2, -0.15) is 0 Å². The van der Waals surface area contributed by atoms with Crippen LogP contribution in [0.15, 0.2) is 60.9 Å². The van der Waals surface area contributed by atoms with Crippen LogP contribution in [0.25, 0.3) is 11.1 Å². The highest BCUT2D eigenvalue weighted by molar-refractivity contribution is 5.68. The van der Waals surface area contributed by atoms with Crippen LogP contribution in [-0.4, -0.2) is 24.1 Å². The summed E-state index contributed by atoms with van der Waals surface area (Å²) in [4.78, 5) is 13.7. The summed E-state index contributed by atoms with van der Waals surface area (Å²) in [7, 11) is 0. The van der Waals surface area contributed by atoms with Crippen LogP contribution in [0.2, 0.25) is 0 Å². The first-order chi connectivity index (χ1) is 13.0. The Balaban J connectivity index is 1.61. The minimum atomic E-state index is -0.275. The predicted molar refractivity (Wildman–Crippen MR) is 109 cm³/mol. The van der Waals surface area contributed by atoms with Gasteiger partial charge in [-0.3, -0.25) is 0 Å². The van der Waals surface area contributed by atoms with E-state index in [0.29, 0.717) is 18.2 Å². The summed E-state index contributed by atoms with van der Waals surface area (Å²) < 4.78 is 5.11. The van der Waals surface area contributed by atoms with Crippen LogP contribution in [0.3, 0.4) is 0 Å². The monoisotopic (exact) mass is 364 g/mol. The van der Waals surface area contributed by atoms with E-state index in [2.05, 4.69) is 55.1 Å². The average molecular weight is 364 g/mol. The summed E-state index contributed by atoms with van der Waals surface area (Å²) in [6.07, 6.45) is 2.76. The van der Waals surface area contributed by atoms with Crippen molar-refractivity contribution in [1.29, 1.82) is 0 Å². The summed E-state index contributed by atoms with van der Waals surface area (Å²) >= 11 is 0. The molecule has 0 saturated carbocycles. The van der Waals surface area contributed by atoms with E-state index >= 15 is 0 Å². The Hall–Kier alpha value is -2.59. The molecule has 0 spiro atoms. The van der Waals surface area contributed by atoms with Crippen molar-refractivity contribution in [2.24, 2.45) is 11.7 Å². The Morgan fingerprint density at radius 2 is 1.70 bits per heavy atom.